The van der Waals surface area contributed by atoms with Crippen LogP contribution in [0.15, 0.2) is 18.2 Å². The molecule has 250 valence electrons. The van der Waals surface area contributed by atoms with Gasteiger partial charge in [-0.15, -0.1) is 11.8 Å². The molecule has 4 unspecified atom stereocenters. The Morgan fingerprint density at radius 2 is 1.51 bits per heavy atom. The highest BCUT2D eigenvalue weighted by atomic mass is 35.5. The van der Waals surface area contributed by atoms with E-state index in [0.29, 0.717) is 41.5 Å². The van der Waals surface area contributed by atoms with Gasteiger partial charge in [-0.3, -0.25) is 15.4 Å². The van der Waals surface area contributed by atoms with E-state index in [0.717, 1.165) is 61.5 Å². The lowest BCUT2D eigenvalue weighted by atomic mass is 9.73. The van der Waals surface area contributed by atoms with E-state index >= 15 is 4.79 Å². The Kier molecular flexibility index (Phi) is 10.3. The second-order valence-electron chi connectivity index (χ2n) is 15.5. The van der Waals surface area contributed by atoms with Crippen molar-refractivity contribution in [2.75, 3.05) is 18.4 Å². The van der Waals surface area contributed by atoms with Crippen LogP contribution in [0.2, 0.25) is 5.02 Å². The van der Waals surface area contributed by atoms with E-state index in [9.17, 15) is 5.11 Å². The summed E-state index contributed by atoms with van der Waals surface area (Å²) in [6.07, 6.45) is 23.7. The van der Waals surface area contributed by atoms with Crippen LogP contribution in [0.25, 0.3) is 0 Å². The summed E-state index contributed by atoms with van der Waals surface area (Å²) in [5, 5.41) is 23.5. The molecule has 0 bridgehead atoms. The molecule has 3 heterocycles. The minimum absolute atomic E-state index is 0.161. The third kappa shape index (κ3) is 6.82. The summed E-state index contributed by atoms with van der Waals surface area (Å²) in [6, 6.07) is 6.92. The highest BCUT2D eigenvalue weighted by Crippen LogP contribution is 2.49. The maximum Gasteiger partial charge on any atom is 0.248 e. The molecule has 3 saturated carbocycles. The molecule has 0 aromatic heterocycles. The van der Waals surface area contributed by atoms with Crippen LogP contribution in [0.5, 0.6) is 0 Å². The maximum absolute atomic E-state index is 15.0. The molecule has 45 heavy (non-hydrogen) atoms. The molecule has 1 aromatic carbocycles. The molecule has 7 rings (SSSR count). The van der Waals surface area contributed by atoms with Gasteiger partial charge >= 0.3 is 0 Å². The molecule has 5 fully saturated rings. The number of likely N-dealkylation sites (tertiary alicyclic amines) is 1. The second-order valence-corrected chi connectivity index (χ2v) is 17.4. The van der Waals surface area contributed by atoms with Crippen molar-refractivity contribution in [2.45, 2.75) is 162 Å². The number of carbonyl (C=O) groups is 1. The summed E-state index contributed by atoms with van der Waals surface area (Å²) in [4.78, 5) is 17.1. The summed E-state index contributed by atoms with van der Waals surface area (Å²) in [7, 11) is 0. The number of rotatable bonds is 5. The number of aliphatic hydroxyl groups excluding tert-OH is 1. The average Bonchev–Trinajstić information content (AvgIpc) is 3.59. The smallest absolute Gasteiger partial charge is 0.248 e. The van der Waals surface area contributed by atoms with Gasteiger partial charge in [0.2, 0.25) is 5.91 Å². The molecular formula is C37H57ClN4O2S. The van der Waals surface area contributed by atoms with Crippen molar-refractivity contribution >= 4 is 35.0 Å². The molecule has 3 aliphatic heterocycles. The number of aliphatic hydroxyl groups is 1. The first-order chi connectivity index (χ1) is 22.0. The third-order valence-corrected chi connectivity index (χ3v) is 14.5. The van der Waals surface area contributed by atoms with E-state index in [1.165, 1.54) is 89.9 Å². The van der Waals surface area contributed by atoms with Gasteiger partial charge < -0.3 is 15.3 Å². The zero-order chi connectivity index (χ0) is 30.9. The normalized spacial score (nSPS) is 37.1. The fraction of sp³-hybridized carbons (Fsp3) is 0.811. The molecule has 2 saturated heterocycles. The van der Waals surface area contributed by atoms with Gasteiger partial charge in [0.15, 0.2) is 0 Å². The van der Waals surface area contributed by atoms with Gasteiger partial charge in [0, 0.05) is 53.5 Å². The number of amides is 1. The van der Waals surface area contributed by atoms with Gasteiger partial charge in [0.1, 0.15) is 10.5 Å². The number of fused-ring (bicyclic) bond motifs is 2. The Hall–Kier alpha value is -0.990. The van der Waals surface area contributed by atoms with Crippen molar-refractivity contribution in [1.82, 2.24) is 15.5 Å². The van der Waals surface area contributed by atoms with Crippen molar-refractivity contribution < 1.29 is 9.90 Å². The Morgan fingerprint density at radius 1 is 0.889 bits per heavy atom. The van der Waals surface area contributed by atoms with E-state index in [-0.39, 0.29) is 11.1 Å². The van der Waals surface area contributed by atoms with Crippen molar-refractivity contribution in [3.05, 3.63) is 28.8 Å². The monoisotopic (exact) mass is 656 g/mol. The summed E-state index contributed by atoms with van der Waals surface area (Å²) in [5.41, 5.74) is 1.59. The first-order valence-corrected chi connectivity index (χ1v) is 20.0. The SMILES string of the molecule is O=C(N1CCC2NC(NC3CC(O)C3)(C3CCCCCCCCC3)SC2C1)C1(C2CCCCCCC2)Cc2c(Cl)cccc2N1. The molecule has 1 amide bonds. The Bertz CT molecular complexity index is 1160. The number of carbonyl (C=O) groups excluding carboxylic acids is 1. The largest absolute Gasteiger partial charge is 0.393 e. The van der Waals surface area contributed by atoms with Crippen LogP contribution in [0.1, 0.15) is 128 Å². The lowest BCUT2D eigenvalue weighted by Gasteiger charge is -2.45. The number of nitrogens with one attached hydrogen (secondary N) is 3. The molecule has 0 radical (unpaired) electrons. The van der Waals surface area contributed by atoms with Crippen molar-refractivity contribution in [1.29, 1.82) is 0 Å². The van der Waals surface area contributed by atoms with Gasteiger partial charge in [-0.1, -0.05) is 94.7 Å². The molecule has 6 nitrogen and oxygen atoms in total. The van der Waals surface area contributed by atoms with Crippen molar-refractivity contribution in [3.63, 3.8) is 0 Å². The number of hydrogen-bond acceptors (Lipinski definition) is 6. The molecule has 4 atom stereocenters. The van der Waals surface area contributed by atoms with Crippen molar-refractivity contribution in [3.8, 4) is 0 Å². The number of halogens is 1. The summed E-state index contributed by atoms with van der Waals surface area (Å²) < 4.78 is 0. The first kappa shape index (κ1) is 32.6. The van der Waals surface area contributed by atoms with Crippen LogP contribution in [-0.2, 0) is 11.2 Å². The van der Waals surface area contributed by atoms with Gasteiger partial charge in [0.25, 0.3) is 0 Å². The Morgan fingerprint density at radius 3 is 2.13 bits per heavy atom. The van der Waals surface area contributed by atoms with Crippen LogP contribution in [0.4, 0.5) is 5.69 Å². The van der Waals surface area contributed by atoms with Crippen LogP contribution >= 0.6 is 23.4 Å². The predicted molar refractivity (Wildman–Crippen MR) is 187 cm³/mol. The van der Waals surface area contributed by atoms with Gasteiger partial charge in [0.05, 0.1) is 6.10 Å². The second kappa shape index (κ2) is 14.2. The lowest BCUT2D eigenvalue weighted by Crippen LogP contribution is -2.64. The molecule has 4 N–H and O–H groups in total. The maximum atomic E-state index is 15.0. The van der Waals surface area contributed by atoms with Crippen LogP contribution in [-0.4, -0.2) is 63.0 Å². The van der Waals surface area contributed by atoms with E-state index in [2.05, 4.69) is 38.7 Å². The summed E-state index contributed by atoms with van der Waals surface area (Å²) in [6.45, 7) is 1.63. The number of nitrogens with zero attached hydrogens (tertiary/aromatic N) is 1. The summed E-state index contributed by atoms with van der Waals surface area (Å²) >= 11 is 8.88. The van der Waals surface area contributed by atoms with E-state index < -0.39 is 5.54 Å². The van der Waals surface area contributed by atoms with Gasteiger partial charge in [-0.25, -0.2) is 0 Å². The first-order valence-electron chi connectivity index (χ1n) is 18.7. The molecular weight excluding hydrogens is 600 g/mol. The number of hydrogen-bond donors (Lipinski definition) is 4. The number of thioether (sulfide) groups is 1. The highest BCUT2D eigenvalue weighted by Gasteiger charge is 2.56. The zero-order valence-electron chi connectivity index (χ0n) is 27.3. The molecule has 8 heteroatoms. The topological polar surface area (TPSA) is 76.6 Å². The molecule has 3 aliphatic carbocycles. The van der Waals surface area contributed by atoms with E-state index in [1.54, 1.807) is 0 Å². The number of piperidine rings is 1. The number of anilines is 1. The fourth-order valence-corrected chi connectivity index (χ4v) is 12.0. The van der Waals surface area contributed by atoms with E-state index in [4.69, 9.17) is 11.6 Å². The summed E-state index contributed by atoms with van der Waals surface area (Å²) in [5.74, 6) is 1.21. The van der Waals surface area contributed by atoms with Gasteiger partial charge in [-0.05, 0) is 68.6 Å². The van der Waals surface area contributed by atoms with Crippen molar-refractivity contribution in [2.24, 2.45) is 11.8 Å². The quantitative estimate of drug-likeness (QED) is 0.261. The van der Waals surface area contributed by atoms with E-state index in [1.807, 2.05) is 12.1 Å². The predicted octanol–water partition coefficient (Wildman–Crippen LogP) is 7.62. The lowest BCUT2D eigenvalue weighted by molar-refractivity contribution is -0.139. The third-order valence-electron chi connectivity index (χ3n) is 12.4. The molecule has 1 aromatic rings. The average molecular weight is 657 g/mol. The fourth-order valence-electron chi connectivity index (χ4n) is 9.77. The molecule has 0 spiro atoms. The van der Waals surface area contributed by atoms with Crippen LogP contribution in [0, 0.1) is 11.8 Å². The van der Waals surface area contributed by atoms with Crippen LogP contribution < -0.4 is 16.0 Å². The number of benzene rings is 1. The van der Waals surface area contributed by atoms with Gasteiger partial charge in [-0.2, -0.15) is 0 Å². The van der Waals surface area contributed by atoms with Crippen LogP contribution in [0.3, 0.4) is 0 Å². The minimum Gasteiger partial charge on any atom is -0.393 e. The minimum atomic E-state index is -0.595. The Balaban J connectivity index is 1.12. The highest BCUT2D eigenvalue weighted by molar-refractivity contribution is 8.01. The molecule has 6 aliphatic rings. The Labute approximate surface area is 281 Å². The zero-order valence-corrected chi connectivity index (χ0v) is 28.9. The standard InChI is InChI=1S/C37H57ClN4O2S/c38-31-18-13-19-32-30(31)24-36(40-32,26-14-9-7-4-8-10-15-26)35(44)42-21-20-33-34(25-42)45-37(41-33,39-28-22-29(43)23-28)27-16-11-5-2-1-3-6-12-17-27/h13,18-19,26-29,33-34,39-41,43H,1-12,14-17,20-25H2.